The Morgan fingerprint density at radius 3 is 2.89 bits per heavy atom. The smallest absolute Gasteiger partial charge is 0.151 e. The fourth-order valence-electron chi connectivity index (χ4n) is 2.40. The Kier molecular flexibility index (Phi) is 2.20. The lowest BCUT2D eigenvalue weighted by atomic mass is 10.1. The number of hydrogen-bond donors (Lipinski definition) is 1. The lowest BCUT2D eigenvalue weighted by molar-refractivity contribution is 0.0615. The van der Waals surface area contributed by atoms with Gasteiger partial charge in [0.1, 0.15) is 34.8 Å². The number of hydrogen-bond acceptors (Lipinski definition) is 3. The third-order valence-corrected chi connectivity index (χ3v) is 3.22. The summed E-state index contributed by atoms with van der Waals surface area (Å²) in [6.07, 6.45) is 0. The molecular formula is C13H15FN2O2. The second-order valence-electron chi connectivity index (χ2n) is 5.27. The Bertz CT molecular complexity index is 628. The highest BCUT2D eigenvalue weighted by Gasteiger charge is 2.32. The third-order valence-electron chi connectivity index (χ3n) is 3.22. The van der Waals surface area contributed by atoms with Crippen molar-refractivity contribution in [2.24, 2.45) is 0 Å². The molecule has 4 nitrogen and oxygen atoms in total. The van der Waals surface area contributed by atoms with Crippen molar-refractivity contribution in [3.8, 4) is 5.75 Å². The van der Waals surface area contributed by atoms with Crippen LogP contribution >= 0.6 is 0 Å². The van der Waals surface area contributed by atoms with Crippen LogP contribution in [0.15, 0.2) is 12.1 Å². The molecule has 0 fully saturated rings. The number of halogens is 1. The third kappa shape index (κ3) is 1.43. The fraction of sp³-hybridized carbons (Fsp3) is 0.462. The van der Waals surface area contributed by atoms with Gasteiger partial charge in [-0.1, -0.05) is 0 Å². The van der Waals surface area contributed by atoms with Crippen LogP contribution in [0.3, 0.4) is 0 Å². The molecule has 0 aliphatic carbocycles. The molecule has 2 aromatic rings. The summed E-state index contributed by atoms with van der Waals surface area (Å²) in [7, 11) is 0. The van der Waals surface area contributed by atoms with E-state index in [-0.39, 0.29) is 11.6 Å². The van der Waals surface area contributed by atoms with E-state index in [0.29, 0.717) is 23.7 Å². The van der Waals surface area contributed by atoms with Crippen molar-refractivity contribution >= 4 is 11.0 Å². The van der Waals surface area contributed by atoms with Crippen LogP contribution in [-0.4, -0.2) is 21.3 Å². The Hall–Kier alpha value is -1.62. The summed E-state index contributed by atoms with van der Waals surface area (Å²) in [5.74, 6) is 0.697. The first kappa shape index (κ1) is 11.5. The highest BCUT2D eigenvalue weighted by molar-refractivity contribution is 5.84. The highest BCUT2D eigenvalue weighted by atomic mass is 19.1. The minimum Gasteiger partial charge on any atom is -0.489 e. The molecule has 1 aromatic heterocycles. The van der Waals surface area contributed by atoms with Crippen LogP contribution in [0.5, 0.6) is 5.75 Å². The van der Waals surface area contributed by atoms with E-state index in [1.807, 2.05) is 11.5 Å². The van der Waals surface area contributed by atoms with E-state index < -0.39 is 11.4 Å². The number of aliphatic hydroxyl groups is 1. The summed E-state index contributed by atoms with van der Waals surface area (Å²) in [6, 6.07) is 2.97. The van der Waals surface area contributed by atoms with Crippen molar-refractivity contribution in [3.05, 3.63) is 23.8 Å². The number of aromatic nitrogens is 2. The van der Waals surface area contributed by atoms with Gasteiger partial charge in [-0.15, -0.1) is 0 Å². The summed E-state index contributed by atoms with van der Waals surface area (Å²) < 4.78 is 21.3. The number of nitrogens with zero attached hydrogens (tertiary/aromatic N) is 2. The van der Waals surface area contributed by atoms with Gasteiger partial charge in [-0.05, 0) is 32.9 Å². The first-order chi connectivity index (χ1) is 8.39. The first-order valence-corrected chi connectivity index (χ1v) is 5.95. The summed E-state index contributed by atoms with van der Waals surface area (Å²) in [6.45, 7) is 5.76. The van der Waals surface area contributed by atoms with Crippen LogP contribution in [0.2, 0.25) is 0 Å². The molecule has 0 radical (unpaired) electrons. The molecule has 1 aromatic carbocycles. The maximum atomic E-state index is 13.8. The monoisotopic (exact) mass is 250 g/mol. The zero-order chi connectivity index (χ0) is 13.1. The Morgan fingerprint density at radius 1 is 1.50 bits per heavy atom. The van der Waals surface area contributed by atoms with E-state index in [2.05, 4.69) is 4.98 Å². The second-order valence-corrected chi connectivity index (χ2v) is 5.27. The van der Waals surface area contributed by atoms with Crippen LogP contribution in [0, 0.1) is 5.82 Å². The summed E-state index contributed by atoms with van der Waals surface area (Å²) in [4.78, 5) is 4.26. The molecule has 0 bridgehead atoms. The maximum absolute atomic E-state index is 13.8. The molecule has 18 heavy (non-hydrogen) atoms. The van der Waals surface area contributed by atoms with Crippen LogP contribution < -0.4 is 4.74 Å². The van der Waals surface area contributed by atoms with Crippen LogP contribution in [0.25, 0.3) is 11.0 Å². The number of rotatable bonds is 1. The molecule has 5 heteroatoms. The van der Waals surface area contributed by atoms with E-state index in [0.717, 1.165) is 0 Å². The van der Waals surface area contributed by atoms with Gasteiger partial charge in [0.05, 0.1) is 6.04 Å². The van der Waals surface area contributed by atoms with E-state index in [4.69, 9.17) is 4.74 Å². The van der Waals surface area contributed by atoms with E-state index in [1.54, 1.807) is 19.9 Å². The summed E-state index contributed by atoms with van der Waals surface area (Å²) in [5.41, 5.74) is -0.226. The van der Waals surface area contributed by atoms with Crippen molar-refractivity contribution in [2.75, 3.05) is 6.61 Å². The van der Waals surface area contributed by atoms with Crippen LogP contribution in [-0.2, 0) is 5.60 Å². The van der Waals surface area contributed by atoms with E-state index in [1.165, 1.54) is 6.07 Å². The maximum Gasteiger partial charge on any atom is 0.151 e. The van der Waals surface area contributed by atoms with Crippen molar-refractivity contribution in [2.45, 2.75) is 32.4 Å². The Morgan fingerprint density at radius 2 is 2.22 bits per heavy atom. The number of ether oxygens (including phenoxy) is 1. The van der Waals surface area contributed by atoms with Gasteiger partial charge in [-0.25, -0.2) is 9.37 Å². The second kappa shape index (κ2) is 3.45. The van der Waals surface area contributed by atoms with E-state index in [9.17, 15) is 9.50 Å². The van der Waals surface area contributed by atoms with Crippen molar-refractivity contribution in [1.82, 2.24) is 9.55 Å². The van der Waals surface area contributed by atoms with Gasteiger partial charge in [0.25, 0.3) is 0 Å². The van der Waals surface area contributed by atoms with Gasteiger partial charge in [0.2, 0.25) is 0 Å². The molecule has 0 saturated heterocycles. The molecule has 1 aliphatic heterocycles. The minimum atomic E-state index is -1.12. The molecule has 1 N–H and O–H groups in total. The van der Waals surface area contributed by atoms with Gasteiger partial charge in [-0.2, -0.15) is 0 Å². The molecule has 0 spiro atoms. The predicted octanol–water partition coefficient (Wildman–Crippen LogP) is 2.36. The average molecular weight is 250 g/mol. The SMILES string of the molecule is C[C@@H]1COc2ccc(F)c3nc(C(C)(C)O)n1c23. The van der Waals surface area contributed by atoms with Gasteiger partial charge in [0, 0.05) is 0 Å². The quantitative estimate of drug-likeness (QED) is 0.845. The number of benzene rings is 1. The van der Waals surface area contributed by atoms with Gasteiger partial charge in [0.15, 0.2) is 5.82 Å². The Labute approximate surface area is 104 Å². The van der Waals surface area contributed by atoms with Crippen LogP contribution in [0.1, 0.15) is 32.6 Å². The summed E-state index contributed by atoms with van der Waals surface area (Å²) >= 11 is 0. The average Bonchev–Trinajstić information content (AvgIpc) is 2.69. The molecule has 1 atom stereocenters. The fourth-order valence-corrected chi connectivity index (χ4v) is 2.40. The van der Waals surface area contributed by atoms with Crippen LogP contribution in [0.4, 0.5) is 4.39 Å². The lowest BCUT2D eigenvalue weighted by Crippen LogP contribution is -2.27. The topological polar surface area (TPSA) is 47.3 Å². The molecule has 0 amide bonds. The van der Waals surface area contributed by atoms with Gasteiger partial charge < -0.3 is 14.4 Å². The standard InChI is InChI=1S/C13H15FN2O2/c1-7-6-18-9-5-4-8(14)10-11(9)16(7)12(15-10)13(2,3)17/h4-5,7,17H,6H2,1-3H3/t7-/m1/s1. The molecule has 3 rings (SSSR count). The first-order valence-electron chi connectivity index (χ1n) is 5.95. The highest BCUT2D eigenvalue weighted by Crippen LogP contribution is 2.37. The normalized spacial score (nSPS) is 19.1. The minimum absolute atomic E-state index is 0.0192. The van der Waals surface area contributed by atoms with Crippen molar-refractivity contribution in [3.63, 3.8) is 0 Å². The molecular weight excluding hydrogens is 235 g/mol. The van der Waals surface area contributed by atoms with Gasteiger partial charge in [-0.3, -0.25) is 0 Å². The van der Waals surface area contributed by atoms with Crippen molar-refractivity contribution < 1.29 is 14.2 Å². The summed E-state index contributed by atoms with van der Waals surface area (Å²) in [5, 5.41) is 10.2. The molecule has 0 saturated carbocycles. The zero-order valence-electron chi connectivity index (χ0n) is 10.6. The van der Waals surface area contributed by atoms with Crippen molar-refractivity contribution in [1.29, 1.82) is 0 Å². The molecule has 1 aliphatic rings. The molecule has 96 valence electrons. The Balaban J connectivity index is 2.45. The predicted molar refractivity (Wildman–Crippen MR) is 65.1 cm³/mol. The van der Waals surface area contributed by atoms with Gasteiger partial charge >= 0.3 is 0 Å². The zero-order valence-corrected chi connectivity index (χ0v) is 10.6. The molecule has 0 unspecified atom stereocenters. The largest absolute Gasteiger partial charge is 0.489 e. The number of imidazole rings is 1. The van der Waals surface area contributed by atoms with E-state index >= 15 is 0 Å². The lowest BCUT2D eigenvalue weighted by Gasteiger charge is -2.27. The molecule has 2 heterocycles.